The summed E-state index contributed by atoms with van der Waals surface area (Å²) >= 11 is 0. The number of hydrogen-bond acceptors (Lipinski definition) is 5. The predicted molar refractivity (Wildman–Crippen MR) is 64.3 cm³/mol. The van der Waals surface area contributed by atoms with Crippen LogP contribution in [0.5, 0.6) is 0 Å². The van der Waals surface area contributed by atoms with Gasteiger partial charge in [-0.1, -0.05) is 6.58 Å². The van der Waals surface area contributed by atoms with Gasteiger partial charge in [-0.2, -0.15) is 13.2 Å². The Balaban J connectivity index is 2.06. The van der Waals surface area contributed by atoms with Gasteiger partial charge in [0.15, 0.2) is 6.61 Å². The Bertz CT molecular complexity index is 620. The summed E-state index contributed by atoms with van der Waals surface area (Å²) in [4.78, 5) is 35.8. The second-order valence-corrected chi connectivity index (χ2v) is 4.48. The maximum Gasteiger partial charge on any atom is 0.422 e. The van der Waals surface area contributed by atoms with Gasteiger partial charge in [0.05, 0.1) is 6.26 Å². The second-order valence-electron chi connectivity index (χ2n) is 4.48. The molecule has 2 heterocycles. The van der Waals surface area contributed by atoms with E-state index in [2.05, 4.69) is 11.3 Å². The van der Waals surface area contributed by atoms with Crippen molar-refractivity contribution >= 4 is 17.8 Å². The van der Waals surface area contributed by atoms with Crippen molar-refractivity contribution in [2.24, 2.45) is 0 Å². The molecule has 2 amide bonds. The number of carbonyl (C=O) groups excluding carboxylic acids is 3. The summed E-state index contributed by atoms with van der Waals surface area (Å²) in [5.74, 6) is -3.91. The van der Waals surface area contributed by atoms with Crippen LogP contribution in [0.2, 0.25) is 0 Å². The van der Waals surface area contributed by atoms with Crippen LogP contribution < -0.4 is 0 Å². The Hall–Kier alpha value is -2.58. The number of esters is 1. The molecule has 0 radical (unpaired) electrons. The van der Waals surface area contributed by atoms with Crippen LogP contribution in [0.3, 0.4) is 0 Å². The molecule has 1 atom stereocenters. The van der Waals surface area contributed by atoms with Crippen molar-refractivity contribution in [3.63, 3.8) is 0 Å². The highest BCUT2D eigenvalue weighted by Crippen LogP contribution is 2.33. The third-order valence-corrected chi connectivity index (χ3v) is 2.89. The molecule has 1 aliphatic heterocycles. The Morgan fingerprint density at radius 1 is 1.41 bits per heavy atom. The van der Waals surface area contributed by atoms with Crippen LogP contribution in [0.15, 0.2) is 35.0 Å². The third-order valence-electron chi connectivity index (χ3n) is 2.89. The first kappa shape index (κ1) is 15.8. The van der Waals surface area contributed by atoms with Crippen LogP contribution in [-0.4, -0.2) is 42.0 Å². The first-order valence-electron chi connectivity index (χ1n) is 6.01. The molecule has 0 aliphatic carbocycles. The van der Waals surface area contributed by atoms with Crippen molar-refractivity contribution < 1.29 is 36.7 Å². The van der Waals surface area contributed by atoms with Crippen molar-refractivity contribution in [3.8, 4) is 0 Å². The van der Waals surface area contributed by atoms with E-state index in [4.69, 9.17) is 4.42 Å². The minimum Gasteiger partial charge on any atom is -0.468 e. The van der Waals surface area contributed by atoms with Crippen molar-refractivity contribution in [1.29, 1.82) is 0 Å². The number of rotatable bonds is 4. The number of amides is 2. The van der Waals surface area contributed by atoms with Gasteiger partial charge >= 0.3 is 12.1 Å². The van der Waals surface area contributed by atoms with Gasteiger partial charge in [0.2, 0.25) is 5.91 Å². The minimum atomic E-state index is -4.69. The van der Waals surface area contributed by atoms with Crippen LogP contribution >= 0.6 is 0 Å². The average Bonchev–Trinajstić information content (AvgIpc) is 3.00. The quantitative estimate of drug-likeness (QED) is 0.476. The predicted octanol–water partition coefficient (Wildman–Crippen LogP) is 1.39. The fourth-order valence-electron chi connectivity index (χ4n) is 1.94. The fourth-order valence-corrected chi connectivity index (χ4v) is 1.94. The number of imide groups is 1. The molecule has 1 saturated heterocycles. The number of hydrogen-bond donors (Lipinski definition) is 0. The van der Waals surface area contributed by atoms with Gasteiger partial charge in [0, 0.05) is 5.57 Å². The van der Waals surface area contributed by atoms with Gasteiger partial charge < -0.3 is 9.15 Å². The molecular weight excluding hydrogens is 307 g/mol. The standard InChI is InChI=1S/C13H10F3NO5/c1-7-10(8-3-2-4-21-8)12(20)17(11(7)19)5-9(18)22-6-13(14,15)16/h2-4,10H,1,5-6H2. The van der Waals surface area contributed by atoms with Crippen LogP contribution in [0.4, 0.5) is 13.2 Å². The van der Waals surface area contributed by atoms with Crippen molar-refractivity contribution in [2.45, 2.75) is 12.1 Å². The van der Waals surface area contributed by atoms with Crippen LogP contribution in [0, 0.1) is 0 Å². The molecule has 0 bridgehead atoms. The Morgan fingerprint density at radius 2 is 2.09 bits per heavy atom. The van der Waals surface area contributed by atoms with Gasteiger partial charge in [0.1, 0.15) is 18.2 Å². The highest BCUT2D eigenvalue weighted by molar-refractivity contribution is 6.17. The number of alkyl halides is 3. The average molecular weight is 317 g/mol. The van der Waals surface area contributed by atoms with E-state index in [-0.39, 0.29) is 11.3 Å². The normalized spacial score (nSPS) is 19.0. The molecule has 0 N–H and O–H groups in total. The summed E-state index contributed by atoms with van der Waals surface area (Å²) in [6.07, 6.45) is -3.39. The molecule has 118 valence electrons. The second kappa shape index (κ2) is 5.66. The summed E-state index contributed by atoms with van der Waals surface area (Å²) < 4.78 is 44.8. The molecule has 6 nitrogen and oxygen atoms in total. The first-order valence-corrected chi connectivity index (χ1v) is 6.01. The lowest BCUT2D eigenvalue weighted by molar-refractivity contribution is -0.187. The van der Waals surface area contributed by atoms with E-state index in [1.165, 1.54) is 18.4 Å². The maximum atomic E-state index is 12.1. The maximum absolute atomic E-state index is 12.1. The largest absolute Gasteiger partial charge is 0.468 e. The van der Waals surface area contributed by atoms with Gasteiger partial charge in [-0.3, -0.25) is 19.3 Å². The molecule has 1 unspecified atom stereocenters. The zero-order valence-electron chi connectivity index (χ0n) is 11.1. The molecule has 2 rings (SSSR count). The van der Waals surface area contributed by atoms with Crippen LogP contribution in [0.1, 0.15) is 11.7 Å². The molecule has 22 heavy (non-hydrogen) atoms. The fraction of sp³-hybridized carbons (Fsp3) is 0.308. The number of furan rings is 1. The lowest BCUT2D eigenvalue weighted by Gasteiger charge is -2.14. The molecule has 1 aromatic rings. The Morgan fingerprint density at radius 3 is 2.64 bits per heavy atom. The van der Waals surface area contributed by atoms with E-state index in [1.54, 1.807) is 0 Å². The van der Waals surface area contributed by atoms with E-state index < -0.39 is 43.0 Å². The molecule has 1 aromatic heterocycles. The van der Waals surface area contributed by atoms with Crippen molar-refractivity contribution in [3.05, 3.63) is 36.3 Å². The third kappa shape index (κ3) is 3.18. The summed E-state index contributed by atoms with van der Waals surface area (Å²) in [7, 11) is 0. The van der Waals surface area contributed by atoms with Gasteiger partial charge in [-0.05, 0) is 12.1 Å². The highest BCUT2D eigenvalue weighted by atomic mass is 19.4. The number of halogens is 3. The number of likely N-dealkylation sites (tertiary alicyclic amines) is 1. The Kier molecular flexibility index (Phi) is 4.07. The minimum absolute atomic E-state index is 0.122. The summed E-state index contributed by atoms with van der Waals surface area (Å²) in [6, 6.07) is 2.95. The number of carbonyl (C=O) groups is 3. The van der Waals surface area contributed by atoms with E-state index >= 15 is 0 Å². The zero-order chi connectivity index (χ0) is 16.5. The summed E-state index contributed by atoms with van der Waals surface area (Å²) in [5, 5.41) is 0. The molecule has 1 aliphatic rings. The van der Waals surface area contributed by atoms with E-state index in [0.717, 1.165) is 0 Å². The molecular formula is C13H10F3NO5. The lowest BCUT2D eigenvalue weighted by atomic mass is 10.0. The summed E-state index contributed by atoms with van der Waals surface area (Å²) in [6.45, 7) is 0.762. The monoisotopic (exact) mass is 317 g/mol. The molecule has 9 heteroatoms. The smallest absolute Gasteiger partial charge is 0.422 e. The van der Waals surface area contributed by atoms with E-state index in [9.17, 15) is 27.6 Å². The highest BCUT2D eigenvalue weighted by Gasteiger charge is 2.45. The van der Waals surface area contributed by atoms with Gasteiger partial charge in [0.25, 0.3) is 5.91 Å². The zero-order valence-corrected chi connectivity index (χ0v) is 11.1. The van der Waals surface area contributed by atoms with Gasteiger partial charge in [-0.15, -0.1) is 0 Å². The van der Waals surface area contributed by atoms with Gasteiger partial charge in [-0.25, -0.2) is 0 Å². The van der Waals surface area contributed by atoms with E-state index in [0.29, 0.717) is 4.90 Å². The number of ether oxygens (including phenoxy) is 1. The molecule has 1 fully saturated rings. The number of nitrogens with zero attached hydrogens (tertiary/aromatic N) is 1. The first-order chi connectivity index (χ1) is 10.2. The van der Waals surface area contributed by atoms with Crippen LogP contribution in [0.25, 0.3) is 0 Å². The molecule has 0 aromatic carbocycles. The van der Waals surface area contributed by atoms with Crippen LogP contribution in [-0.2, 0) is 19.1 Å². The van der Waals surface area contributed by atoms with E-state index in [1.807, 2.05) is 0 Å². The Labute approximate surface area is 122 Å². The lowest BCUT2D eigenvalue weighted by Crippen LogP contribution is -2.37. The molecule has 0 saturated carbocycles. The molecule has 0 spiro atoms. The topological polar surface area (TPSA) is 76.8 Å². The van der Waals surface area contributed by atoms with Crippen molar-refractivity contribution in [2.75, 3.05) is 13.2 Å². The summed E-state index contributed by atoms with van der Waals surface area (Å²) in [5.41, 5.74) is -0.122. The van der Waals surface area contributed by atoms with Crippen molar-refractivity contribution in [1.82, 2.24) is 4.90 Å². The SMILES string of the molecule is C=C1C(=O)N(CC(=O)OCC(F)(F)F)C(=O)C1c1ccco1.